The van der Waals surface area contributed by atoms with Crippen molar-refractivity contribution < 1.29 is 9.90 Å². The summed E-state index contributed by atoms with van der Waals surface area (Å²) in [6, 6.07) is 10.1. The Kier molecular flexibility index (Phi) is 3.31. The third-order valence-electron chi connectivity index (χ3n) is 4.73. The van der Waals surface area contributed by atoms with Crippen LogP contribution in [0.5, 0.6) is 0 Å². The van der Waals surface area contributed by atoms with E-state index >= 15 is 0 Å². The van der Waals surface area contributed by atoms with Crippen LogP contribution in [0, 0.1) is 5.41 Å². The van der Waals surface area contributed by atoms with Gasteiger partial charge in [-0.15, -0.1) is 0 Å². The Bertz CT molecular complexity index is 443. The van der Waals surface area contributed by atoms with Crippen LogP contribution in [0.15, 0.2) is 30.3 Å². The lowest BCUT2D eigenvalue weighted by Crippen LogP contribution is -2.56. The second kappa shape index (κ2) is 4.97. The minimum Gasteiger partial charge on any atom is -0.481 e. The third-order valence-corrected chi connectivity index (χ3v) is 4.73. The van der Waals surface area contributed by atoms with Crippen molar-refractivity contribution in [3.8, 4) is 0 Å². The van der Waals surface area contributed by atoms with E-state index in [0.29, 0.717) is 5.41 Å². The van der Waals surface area contributed by atoms with Crippen molar-refractivity contribution in [2.75, 3.05) is 13.1 Å². The van der Waals surface area contributed by atoms with E-state index in [9.17, 15) is 4.79 Å². The normalized spacial score (nSPS) is 23.2. The molecule has 1 saturated carbocycles. The lowest BCUT2D eigenvalue weighted by molar-refractivity contribution is -0.140. The summed E-state index contributed by atoms with van der Waals surface area (Å²) in [5.74, 6) is -0.707. The molecule has 1 N–H and O–H groups in total. The van der Waals surface area contributed by atoms with Crippen molar-refractivity contribution in [1.29, 1.82) is 0 Å². The molecule has 0 aromatic heterocycles. The van der Waals surface area contributed by atoms with Crippen molar-refractivity contribution in [2.45, 2.75) is 38.1 Å². The smallest absolute Gasteiger partial charge is 0.305 e. The molecule has 102 valence electrons. The second-order valence-corrected chi connectivity index (χ2v) is 6.14. The Labute approximate surface area is 114 Å². The Balaban J connectivity index is 1.72. The predicted molar refractivity (Wildman–Crippen MR) is 73.9 cm³/mol. The first-order valence-electron chi connectivity index (χ1n) is 7.19. The van der Waals surface area contributed by atoms with Crippen molar-refractivity contribution in [3.63, 3.8) is 0 Å². The van der Waals surface area contributed by atoms with Gasteiger partial charge in [0.1, 0.15) is 0 Å². The van der Waals surface area contributed by atoms with Gasteiger partial charge >= 0.3 is 5.97 Å². The molecule has 1 aliphatic heterocycles. The summed E-state index contributed by atoms with van der Waals surface area (Å²) < 4.78 is 0. The van der Waals surface area contributed by atoms with Crippen LogP contribution in [0.25, 0.3) is 0 Å². The molecule has 1 spiro atoms. The second-order valence-electron chi connectivity index (χ2n) is 6.14. The lowest BCUT2D eigenvalue weighted by atomic mass is 9.76. The minimum absolute atomic E-state index is 0.0462. The zero-order chi connectivity index (χ0) is 13.3. The summed E-state index contributed by atoms with van der Waals surface area (Å²) in [6.45, 7) is 2.17. The van der Waals surface area contributed by atoms with E-state index in [0.717, 1.165) is 18.7 Å². The van der Waals surface area contributed by atoms with Gasteiger partial charge in [0.05, 0.1) is 6.42 Å². The maximum Gasteiger partial charge on any atom is 0.305 e. The van der Waals surface area contributed by atoms with Gasteiger partial charge in [-0.05, 0) is 23.8 Å². The Hall–Kier alpha value is -1.35. The van der Waals surface area contributed by atoms with Gasteiger partial charge in [0, 0.05) is 19.1 Å². The number of carboxylic acids is 1. The highest BCUT2D eigenvalue weighted by Gasteiger charge is 2.47. The number of likely N-dealkylation sites (tertiary alicyclic amines) is 1. The van der Waals surface area contributed by atoms with Crippen molar-refractivity contribution >= 4 is 5.97 Å². The van der Waals surface area contributed by atoms with Crippen LogP contribution in [0.3, 0.4) is 0 Å². The number of carbonyl (C=O) groups is 1. The molecule has 2 aliphatic rings. The van der Waals surface area contributed by atoms with E-state index in [1.54, 1.807) is 0 Å². The first kappa shape index (κ1) is 12.7. The molecule has 3 heteroatoms. The van der Waals surface area contributed by atoms with Gasteiger partial charge in [0.25, 0.3) is 0 Å². The summed E-state index contributed by atoms with van der Waals surface area (Å²) in [4.78, 5) is 13.5. The average Bonchev–Trinajstić information content (AvgIpc) is 2.85. The Morgan fingerprint density at radius 1 is 1.21 bits per heavy atom. The number of rotatable bonds is 4. The number of nitrogens with zero attached hydrogens (tertiary/aromatic N) is 1. The molecule has 1 heterocycles. The van der Waals surface area contributed by atoms with Crippen LogP contribution >= 0.6 is 0 Å². The molecule has 1 unspecified atom stereocenters. The first-order chi connectivity index (χ1) is 9.19. The molecule has 1 atom stereocenters. The Morgan fingerprint density at radius 2 is 1.84 bits per heavy atom. The van der Waals surface area contributed by atoms with Crippen LogP contribution in [-0.4, -0.2) is 29.1 Å². The summed E-state index contributed by atoms with van der Waals surface area (Å²) in [7, 11) is 0. The van der Waals surface area contributed by atoms with Gasteiger partial charge in [-0.1, -0.05) is 43.2 Å². The van der Waals surface area contributed by atoms with Crippen molar-refractivity contribution in [3.05, 3.63) is 35.9 Å². The maximum atomic E-state index is 11.1. The van der Waals surface area contributed by atoms with Gasteiger partial charge in [0.2, 0.25) is 0 Å². The molecule has 0 radical (unpaired) electrons. The summed E-state index contributed by atoms with van der Waals surface area (Å²) in [5.41, 5.74) is 1.66. The fraction of sp³-hybridized carbons (Fsp3) is 0.562. The van der Waals surface area contributed by atoms with Gasteiger partial charge < -0.3 is 5.11 Å². The van der Waals surface area contributed by atoms with Crippen LogP contribution in [0.2, 0.25) is 0 Å². The summed E-state index contributed by atoms with van der Waals surface area (Å²) >= 11 is 0. The monoisotopic (exact) mass is 259 g/mol. The number of hydrogen-bond donors (Lipinski definition) is 1. The van der Waals surface area contributed by atoms with E-state index in [2.05, 4.69) is 4.90 Å². The number of aliphatic carboxylic acids is 1. The standard InChI is InChI=1S/C16H21NO2/c18-15(19)10-14(13-6-2-1-3-7-13)17-11-16(12-17)8-4-5-9-16/h1-3,6-7,14H,4-5,8-12H2,(H,18,19). The molecule has 0 amide bonds. The fourth-order valence-corrected chi connectivity index (χ4v) is 3.78. The highest BCUT2D eigenvalue weighted by Crippen LogP contribution is 2.48. The highest BCUT2D eigenvalue weighted by atomic mass is 16.4. The molecular weight excluding hydrogens is 238 g/mol. The summed E-state index contributed by atoms with van der Waals surface area (Å²) in [5, 5.41) is 9.14. The molecule has 1 saturated heterocycles. The molecule has 1 aromatic carbocycles. The van der Waals surface area contributed by atoms with Crippen LogP contribution in [0.4, 0.5) is 0 Å². The summed E-state index contributed by atoms with van der Waals surface area (Å²) in [6.07, 6.45) is 5.57. The average molecular weight is 259 g/mol. The predicted octanol–water partition coefficient (Wildman–Crippen LogP) is 3.08. The maximum absolute atomic E-state index is 11.1. The van der Waals surface area contributed by atoms with Crippen LogP contribution in [0.1, 0.15) is 43.7 Å². The largest absolute Gasteiger partial charge is 0.481 e. The topological polar surface area (TPSA) is 40.5 Å². The van der Waals surface area contributed by atoms with E-state index in [1.165, 1.54) is 25.7 Å². The first-order valence-corrected chi connectivity index (χ1v) is 7.19. The Morgan fingerprint density at radius 3 is 2.42 bits per heavy atom. The molecule has 3 rings (SSSR count). The van der Waals surface area contributed by atoms with Gasteiger partial charge in [-0.25, -0.2) is 0 Å². The number of benzene rings is 1. The van der Waals surface area contributed by atoms with E-state index in [1.807, 2.05) is 30.3 Å². The van der Waals surface area contributed by atoms with Crippen molar-refractivity contribution in [1.82, 2.24) is 4.90 Å². The zero-order valence-corrected chi connectivity index (χ0v) is 11.2. The molecular formula is C16H21NO2. The third kappa shape index (κ3) is 2.52. The quantitative estimate of drug-likeness (QED) is 0.903. The van der Waals surface area contributed by atoms with E-state index in [-0.39, 0.29) is 12.5 Å². The molecule has 1 aromatic rings. The van der Waals surface area contributed by atoms with E-state index in [4.69, 9.17) is 5.11 Å². The number of hydrogen-bond acceptors (Lipinski definition) is 2. The van der Waals surface area contributed by atoms with Crippen LogP contribution in [-0.2, 0) is 4.79 Å². The molecule has 19 heavy (non-hydrogen) atoms. The van der Waals surface area contributed by atoms with Gasteiger partial charge in [-0.3, -0.25) is 9.69 Å². The lowest BCUT2D eigenvalue weighted by Gasteiger charge is -2.51. The minimum atomic E-state index is -0.707. The number of carboxylic acid groups (broad SMARTS) is 1. The SMILES string of the molecule is O=C(O)CC(c1ccccc1)N1CC2(CCCC2)C1. The molecule has 0 bridgehead atoms. The van der Waals surface area contributed by atoms with Crippen molar-refractivity contribution in [2.24, 2.45) is 5.41 Å². The molecule has 2 fully saturated rings. The molecule has 3 nitrogen and oxygen atoms in total. The van der Waals surface area contributed by atoms with Gasteiger partial charge in [-0.2, -0.15) is 0 Å². The fourth-order valence-electron chi connectivity index (χ4n) is 3.78. The van der Waals surface area contributed by atoms with Gasteiger partial charge in [0.15, 0.2) is 0 Å². The molecule has 1 aliphatic carbocycles. The van der Waals surface area contributed by atoms with E-state index < -0.39 is 5.97 Å². The zero-order valence-electron chi connectivity index (χ0n) is 11.2. The highest BCUT2D eigenvalue weighted by molar-refractivity contribution is 5.68. The van der Waals surface area contributed by atoms with Crippen LogP contribution < -0.4 is 0 Å².